The summed E-state index contributed by atoms with van der Waals surface area (Å²) < 4.78 is 22.7. The quantitative estimate of drug-likeness (QED) is 0.850. The fourth-order valence-corrected chi connectivity index (χ4v) is 2.00. The van der Waals surface area contributed by atoms with E-state index in [0.29, 0.717) is 11.3 Å². The van der Waals surface area contributed by atoms with Gasteiger partial charge in [0.05, 0.1) is 17.7 Å². The number of halogens is 2. The Bertz CT molecular complexity index is 736. The highest BCUT2D eigenvalue weighted by Gasteiger charge is 2.09. The van der Waals surface area contributed by atoms with E-state index in [1.807, 2.05) is 0 Å². The third kappa shape index (κ3) is 4.69. The first kappa shape index (κ1) is 16.8. The zero-order chi connectivity index (χ0) is 16.8. The molecule has 7 heteroatoms. The van der Waals surface area contributed by atoms with Crippen molar-refractivity contribution in [3.63, 3.8) is 0 Å². The standard InChI is InChI=1S/C16H13ClFNO4/c1-22-16(21)10-3-2-4-12(7-10)19-15(20)9-23-14-6-5-11(18)8-13(14)17/h2-8H,9H2,1H3,(H,19,20). The maximum absolute atomic E-state index is 12.9. The van der Waals surface area contributed by atoms with Crippen molar-refractivity contribution < 1.29 is 23.5 Å². The van der Waals surface area contributed by atoms with Crippen molar-refractivity contribution in [1.29, 1.82) is 0 Å². The molecule has 0 atom stereocenters. The van der Waals surface area contributed by atoms with Crippen LogP contribution in [0.15, 0.2) is 42.5 Å². The third-order valence-corrected chi connectivity index (χ3v) is 3.12. The van der Waals surface area contributed by atoms with Crippen molar-refractivity contribution in [3.8, 4) is 5.75 Å². The lowest BCUT2D eigenvalue weighted by Crippen LogP contribution is -2.20. The summed E-state index contributed by atoms with van der Waals surface area (Å²) in [6.45, 7) is -0.312. The van der Waals surface area contributed by atoms with Crippen LogP contribution in [0.2, 0.25) is 5.02 Å². The van der Waals surface area contributed by atoms with Gasteiger partial charge in [-0.05, 0) is 36.4 Å². The zero-order valence-corrected chi connectivity index (χ0v) is 12.9. The first-order valence-electron chi connectivity index (χ1n) is 6.55. The van der Waals surface area contributed by atoms with Gasteiger partial charge in [0.15, 0.2) is 6.61 Å². The Kier molecular flexibility index (Phi) is 5.54. The molecule has 0 saturated heterocycles. The minimum absolute atomic E-state index is 0.0745. The van der Waals surface area contributed by atoms with Crippen LogP contribution in [0.1, 0.15) is 10.4 Å². The van der Waals surface area contributed by atoms with E-state index < -0.39 is 17.7 Å². The van der Waals surface area contributed by atoms with Crippen LogP contribution in [0.5, 0.6) is 5.75 Å². The van der Waals surface area contributed by atoms with Gasteiger partial charge in [0.1, 0.15) is 11.6 Å². The van der Waals surface area contributed by atoms with E-state index in [0.717, 1.165) is 6.07 Å². The van der Waals surface area contributed by atoms with Crippen LogP contribution >= 0.6 is 11.6 Å². The molecule has 23 heavy (non-hydrogen) atoms. The van der Waals surface area contributed by atoms with Crippen molar-refractivity contribution >= 4 is 29.2 Å². The molecule has 2 aromatic carbocycles. The molecule has 0 aliphatic carbocycles. The smallest absolute Gasteiger partial charge is 0.337 e. The monoisotopic (exact) mass is 337 g/mol. The third-order valence-electron chi connectivity index (χ3n) is 2.82. The van der Waals surface area contributed by atoms with Gasteiger partial charge in [0.2, 0.25) is 0 Å². The van der Waals surface area contributed by atoms with E-state index in [4.69, 9.17) is 16.3 Å². The molecular weight excluding hydrogens is 325 g/mol. The normalized spacial score (nSPS) is 10.0. The predicted molar refractivity (Wildman–Crippen MR) is 83.3 cm³/mol. The van der Waals surface area contributed by atoms with Crippen LogP contribution in [0, 0.1) is 5.82 Å². The van der Waals surface area contributed by atoms with Crippen molar-refractivity contribution in [2.45, 2.75) is 0 Å². The highest BCUT2D eigenvalue weighted by atomic mass is 35.5. The lowest BCUT2D eigenvalue weighted by molar-refractivity contribution is -0.118. The molecule has 0 heterocycles. The van der Waals surface area contributed by atoms with Crippen LogP contribution in [-0.4, -0.2) is 25.6 Å². The van der Waals surface area contributed by atoms with E-state index in [9.17, 15) is 14.0 Å². The Balaban J connectivity index is 1.96. The number of anilines is 1. The SMILES string of the molecule is COC(=O)c1cccc(NC(=O)COc2ccc(F)cc2Cl)c1. The summed E-state index contributed by atoms with van der Waals surface area (Å²) in [4.78, 5) is 23.3. The molecule has 0 aliphatic rings. The van der Waals surface area contributed by atoms with E-state index >= 15 is 0 Å². The summed E-state index contributed by atoms with van der Waals surface area (Å²) in [6, 6.07) is 9.88. The molecule has 0 radical (unpaired) electrons. The molecule has 120 valence electrons. The van der Waals surface area contributed by atoms with Gasteiger partial charge in [-0.15, -0.1) is 0 Å². The second kappa shape index (κ2) is 7.60. The van der Waals surface area contributed by atoms with Crippen molar-refractivity contribution in [2.75, 3.05) is 19.0 Å². The van der Waals surface area contributed by atoms with Crippen LogP contribution in [0.25, 0.3) is 0 Å². The number of carbonyl (C=O) groups excluding carboxylic acids is 2. The van der Waals surface area contributed by atoms with Gasteiger partial charge in [0, 0.05) is 5.69 Å². The van der Waals surface area contributed by atoms with E-state index in [1.165, 1.54) is 25.3 Å². The first-order chi connectivity index (χ1) is 11.0. The van der Waals surface area contributed by atoms with Crippen molar-refractivity contribution in [2.24, 2.45) is 0 Å². The second-order valence-electron chi connectivity index (χ2n) is 4.48. The Morgan fingerprint density at radius 2 is 2.00 bits per heavy atom. The molecule has 5 nitrogen and oxygen atoms in total. The van der Waals surface area contributed by atoms with Crippen LogP contribution < -0.4 is 10.1 Å². The maximum Gasteiger partial charge on any atom is 0.337 e. The fourth-order valence-electron chi connectivity index (χ4n) is 1.77. The fraction of sp³-hybridized carbons (Fsp3) is 0.125. The lowest BCUT2D eigenvalue weighted by atomic mass is 10.2. The summed E-state index contributed by atoms with van der Waals surface area (Å²) in [5, 5.41) is 2.65. The number of hydrogen-bond acceptors (Lipinski definition) is 4. The second-order valence-corrected chi connectivity index (χ2v) is 4.89. The molecule has 0 spiro atoms. The summed E-state index contributed by atoms with van der Waals surface area (Å²) in [6.07, 6.45) is 0. The number of rotatable bonds is 5. The number of benzene rings is 2. The highest BCUT2D eigenvalue weighted by Crippen LogP contribution is 2.24. The molecular formula is C16H13ClFNO4. The number of hydrogen-bond donors (Lipinski definition) is 1. The number of amides is 1. The molecule has 1 amide bonds. The van der Waals surface area contributed by atoms with Crippen LogP contribution in [-0.2, 0) is 9.53 Å². The van der Waals surface area contributed by atoms with E-state index in [-0.39, 0.29) is 17.4 Å². The Labute approximate surface area is 137 Å². The molecule has 1 N–H and O–H groups in total. The van der Waals surface area contributed by atoms with E-state index in [1.54, 1.807) is 18.2 Å². The molecule has 0 aromatic heterocycles. The summed E-state index contributed by atoms with van der Waals surface area (Å²) in [5.74, 6) is -1.25. The first-order valence-corrected chi connectivity index (χ1v) is 6.93. The molecule has 0 unspecified atom stereocenters. The van der Waals surface area contributed by atoms with Crippen LogP contribution in [0.4, 0.5) is 10.1 Å². The summed E-state index contributed by atoms with van der Waals surface area (Å²) >= 11 is 5.80. The van der Waals surface area contributed by atoms with Gasteiger partial charge in [0.25, 0.3) is 5.91 Å². The highest BCUT2D eigenvalue weighted by molar-refractivity contribution is 6.32. The zero-order valence-electron chi connectivity index (χ0n) is 12.1. The number of ether oxygens (including phenoxy) is 2. The number of carbonyl (C=O) groups is 2. The van der Waals surface area contributed by atoms with Gasteiger partial charge in [-0.3, -0.25) is 4.79 Å². The Hall–Kier alpha value is -2.60. The van der Waals surface area contributed by atoms with Gasteiger partial charge in [-0.2, -0.15) is 0 Å². The minimum Gasteiger partial charge on any atom is -0.482 e. The Morgan fingerprint density at radius 1 is 1.22 bits per heavy atom. The molecule has 2 aromatic rings. The van der Waals surface area contributed by atoms with Gasteiger partial charge in [-0.1, -0.05) is 17.7 Å². The average Bonchev–Trinajstić information content (AvgIpc) is 2.53. The maximum atomic E-state index is 12.9. The summed E-state index contributed by atoms with van der Waals surface area (Å²) in [5.41, 5.74) is 0.736. The molecule has 0 bridgehead atoms. The topological polar surface area (TPSA) is 64.6 Å². The summed E-state index contributed by atoms with van der Waals surface area (Å²) in [7, 11) is 1.27. The lowest BCUT2D eigenvalue weighted by Gasteiger charge is -2.09. The molecule has 0 saturated carbocycles. The van der Waals surface area contributed by atoms with Gasteiger partial charge >= 0.3 is 5.97 Å². The van der Waals surface area contributed by atoms with Gasteiger partial charge in [-0.25, -0.2) is 9.18 Å². The number of nitrogens with one attached hydrogen (secondary N) is 1. The van der Waals surface area contributed by atoms with Crippen LogP contribution in [0.3, 0.4) is 0 Å². The molecule has 0 aliphatic heterocycles. The Morgan fingerprint density at radius 3 is 2.70 bits per heavy atom. The van der Waals surface area contributed by atoms with Crippen molar-refractivity contribution in [3.05, 3.63) is 58.9 Å². The van der Waals surface area contributed by atoms with Crippen molar-refractivity contribution in [1.82, 2.24) is 0 Å². The average molecular weight is 338 g/mol. The predicted octanol–water partition coefficient (Wildman–Crippen LogP) is 3.28. The number of methoxy groups -OCH3 is 1. The minimum atomic E-state index is -0.504. The van der Waals surface area contributed by atoms with Gasteiger partial charge < -0.3 is 14.8 Å². The molecule has 0 fully saturated rings. The van der Waals surface area contributed by atoms with E-state index in [2.05, 4.69) is 10.1 Å². The molecule has 2 rings (SSSR count). The largest absolute Gasteiger partial charge is 0.482 e. The number of esters is 1.